The van der Waals surface area contributed by atoms with Crippen molar-refractivity contribution in [2.45, 2.75) is 18.6 Å². The van der Waals surface area contributed by atoms with E-state index in [4.69, 9.17) is 4.74 Å². The lowest BCUT2D eigenvalue weighted by Gasteiger charge is -2.20. The van der Waals surface area contributed by atoms with E-state index in [1.54, 1.807) is 12.1 Å². The lowest BCUT2D eigenvalue weighted by Crippen LogP contribution is -2.40. The molecule has 0 bridgehead atoms. The smallest absolute Gasteiger partial charge is 0.283 e. The molecule has 1 aliphatic rings. The SMILES string of the molecule is O=[N+]([O-])c1cccc(CNCC2(O)CCOC2)c1Br. The number of aliphatic hydroxyl groups is 1. The van der Waals surface area contributed by atoms with Crippen LogP contribution in [0.1, 0.15) is 12.0 Å². The molecule has 7 heteroatoms. The first kappa shape index (κ1) is 14.4. The van der Waals surface area contributed by atoms with Gasteiger partial charge in [-0.25, -0.2) is 0 Å². The number of nitro groups is 1. The van der Waals surface area contributed by atoms with Gasteiger partial charge in [0.05, 0.1) is 16.0 Å². The fourth-order valence-corrected chi connectivity index (χ4v) is 2.56. The van der Waals surface area contributed by atoms with E-state index in [0.717, 1.165) is 5.56 Å². The summed E-state index contributed by atoms with van der Waals surface area (Å²) in [6.07, 6.45) is 0.607. The molecule has 6 nitrogen and oxygen atoms in total. The van der Waals surface area contributed by atoms with Crippen molar-refractivity contribution in [2.75, 3.05) is 19.8 Å². The van der Waals surface area contributed by atoms with Crippen LogP contribution < -0.4 is 5.32 Å². The van der Waals surface area contributed by atoms with Crippen LogP contribution in [0.4, 0.5) is 5.69 Å². The summed E-state index contributed by atoms with van der Waals surface area (Å²) >= 11 is 3.24. The van der Waals surface area contributed by atoms with Crippen LogP contribution in [0.3, 0.4) is 0 Å². The standard InChI is InChI=1S/C12H15BrN2O4/c13-11-9(2-1-3-10(11)15(17)18)6-14-7-12(16)4-5-19-8-12/h1-3,14,16H,4-8H2. The molecule has 1 fully saturated rings. The van der Waals surface area contributed by atoms with Gasteiger partial charge in [0.15, 0.2) is 0 Å². The van der Waals surface area contributed by atoms with Crippen LogP contribution in [0.5, 0.6) is 0 Å². The zero-order valence-corrected chi connectivity index (χ0v) is 11.9. The average molecular weight is 331 g/mol. The van der Waals surface area contributed by atoms with Crippen molar-refractivity contribution < 1.29 is 14.8 Å². The summed E-state index contributed by atoms with van der Waals surface area (Å²) in [5.41, 5.74) is 0.00614. The number of nitrogens with one attached hydrogen (secondary N) is 1. The maximum atomic E-state index is 10.8. The summed E-state index contributed by atoms with van der Waals surface area (Å²) < 4.78 is 5.62. The molecule has 0 spiro atoms. The summed E-state index contributed by atoms with van der Waals surface area (Å²) in [5, 5.41) is 24.0. The molecule has 0 aromatic heterocycles. The largest absolute Gasteiger partial charge is 0.386 e. The van der Waals surface area contributed by atoms with Crippen LogP contribution in [0.2, 0.25) is 0 Å². The minimum absolute atomic E-state index is 0.0437. The van der Waals surface area contributed by atoms with E-state index in [1.165, 1.54) is 6.07 Å². The van der Waals surface area contributed by atoms with Crippen molar-refractivity contribution in [3.05, 3.63) is 38.3 Å². The second-order valence-electron chi connectivity index (χ2n) is 4.64. The molecule has 1 aromatic rings. The molecule has 1 aromatic carbocycles. The third kappa shape index (κ3) is 3.50. The van der Waals surface area contributed by atoms with E-state index in [-0.39, 0.29) is 5.69 Å². The van der Waals surface area contributed by atoms with Gasteiger partial charge < -0.3 is 15.2 Å². The highest BCUT2D eigenvalue weighted by Crippen LogP contribution is 2.28. The molecule has 2 N–H and O–H groups in total. The Bertz CT molecular complexity index is 475. The topological polar surface area (TPSA) is 84.6 Å². The molecule has 19 heavy (non-hydrogen) atoms. The average Bonchev–Trinajstić information content (AvgIpc) is 2.78. The summed E-state index contributed by atoms with van der Waals surface area (Å²) in [7, 11) is 0. The second kappa shape index (κ2) is 5.96. The number of ether oxygens (including phenoxy) is 1. The first-order valence-corrected chi connectivity index (χ1v) is 6.74. The molecular weight excluding hydrogens is 316 g/mol. The Balaban J connectivity index is 1.96. The molecule has 1 heterocycles. The molecule has 2 rings (SSSR count). The highest BCUT2D eigenvalue weighted by Gasteiger charge is 2.31. The Morgan fingerprint density at radius 2 is 2.37 bits per heavy atom. The fourth-order valence-electron chi connectivity index (χ4n) is 2.01. The van der Waals surface area contributed by atoms with Gasteiger partial charge in [-0.1, -0.05) is 12.1 Å². The number of hydrogen-bond donors (Lipinski definition) is 2. The number of hydrogen-bond acceptors (Lipinski definition) is 5. The van der Waals surface area contributed by atoms with Crippen LogP contribution in [-0.4, -0.2) is 35.4 Å². The van der Waals surface area contributed by atoms with Crippen molar-refractivity contribution in [3.63, 3.8) is 0 Å². The molecule has 0 aliphatic carbocycles. The Labute approximate surface area is 119 Å². The highest BCUT2D eigenvalue weighted by molar-refractivity contribution is 9.10. The molecule has 1 unspecified atom stereocenters. The second-order valence-corrected chi connectivity index (χ2v) is 5.43. The van der Waals surface area contributed by atoms with Crippen molar-refractivity contribution >= 4 is 21.6 Å². The van der Waals surface area contributed by atoms with Gasteiger partial charge >= 0.3 is 0 Å². The van der Waals surface area contributed by atoms with Gasteiger partial charge in [0.2, 0.25) is 0 Å². The van der Waals surface area contributed by atoms with Crippen LogP contribution >= 0.6 is 15.9 Å². The minimum atomic E-state index is -0.826. The van der Waals surface area contributed by atoms with E-state index in [2.05, 4.69) is 21.2 Å². The van der Waals surface area contributed by atoms with E-state index in [1.807, 2.05) is 0 Å². The Hall–Kier alpha value is -1.02. The van der Waals surface area contributed by atoms with E-state index < -0.39 is 10.5 Å². The molecule has 1 saturated heterocycles. The Kier molecular flexibility index (Phi) is 4.51. The van der Waals surface area contributed by atoms with E-state index in [9.17, 15) is 15.2 Å². The first-order valence-electron chi connectivity index (χ1n) is 5.94. The van der Waals surface area contributed by atoms with E-state index in [0.29, 0.717) is 37.2 Å². The zero-order chi connectivity index (χ0) is 13.9. The van der Waals surface area contributed by atoms with Gasteiger partial charge in [-0.15, -0.1) is 0 Å². The maximum absolute atomic E-state index is 10.8. The number of rotatable bonds is 5. The summed E-state index contributed by atoms with van der Waals surface area (Å²) in [6, 6.07) is 4.90. The van der Waals surface area contributed by atoms with Crippen LogP contribution in [0, 0.1) is 10.1 Å². The number of benzene rings is 1. The summed E-state index contributed by atoms with van der Waals surface area (Å²) in [5.74, 6) is 0. The van der Waals surface area contributed by atoms with E-state index >= 15 is 0 Å². The van der Waals surface area contributed by atoms with Crippen molar-refractivity contribution in [1.82, 2.24) is 5.32 Å². The fraction of sp³-hybridized carbons (Fsp3) is 0.500. The lowest BCUT2D eigenvalue weighted by molar-refractivity contribution is -0.385. The van der Waals surface area contributed by atoms with Gasteiger partial charge in [0.25, 0.3) is 5.69 Å². The molecule has 1 atom stereocenters. The minimum Gasteiger partial charge on any atom is -0.386 e. The van der Waals surface area contributed by atoms with Crippen molar-refractivity contribution in [3.8, 4) is 0 Å². The monoisotopic (exact) mass is 330 g/mol. The van der Waals surface area contributed by atoms with Crippen molar-refractivity contribution in [2.24, 2.45) is 0 Å². The molecule has 1 aliphatic heterocycles. The van der Waals surface area contributed by atoms with Crippen LogP contribution in [0.15, 0.2) is 22.7 Å². The number of halogens is 1. The molecule has 0 radical (unpaired) electrons. The molecular formula is C12H15BrN2O4. The first-order chi connectivity index (χ1) is 9.02. The number of nitro benzene ring substituents is 1. The van der Waals surface area contributed by atoms with Crippen LogP contribution in [0.25, 0.3) is 0 Å². The Morgan fingerprint density at radius 1 is 1.58 bits per heavy atom. The van der Waals surface area contributed by atoms with Crippen LogP contribution in [-0.2, 0) is 11.3 Å². The quantitative estimate of drug-likeness (QED) is 0.632. The number of nitrogens with zero attached hydrogens (tertiary/aromatic N) is 1. The van der Waals surface area contributed by atoms with Gasteiger partial charge in [-0.2, -0.15) is 0 Å². The predicted octanol–water partition coefficient (Wildman–Crippen LogP) is 1.60. The normalized spacial score (nSPS) is 22.6. The molecule has 0 amide bonds. The highest BCUT2D eigenvalue weighted by atomic mass is 79.9. The Morgan fingerprint density at radius 3 is 3.00 bits per heavy atom. The predicted molar refractivity (Wildman–Crippen MR) is 72.9 cm³/mol. The van der Waals surface area contributed by atoms with Crippen molar-refractivity contribution in [1.29, 1.82) is 0 Å². The van der Waals surface area contributed by atoms with Gasteiger partial charge in [0, 0.05) is 32.2 Å². The summed E-state index contributed by atoms with van der Waals surface area (Å²) in [6.45, 7) is 1.75. The van der Waals surface area contributed by atoms with Gasteiger partial charge in [-0.05, 0) is 21.5 Å². The summed E-state index contributed by atoms with van der Waals surface area (Å²) in [4.78, 5) is 10.4. The third-order valence-corrected chi connectivity index (χ3v) is 4.02. The zero-order valence-electron chi connectivity index (χ0n) is 10.3. The maximum Gasteiger partial charge on any atom is 0.283 e. The third-order valence-electron chi connectivity index (χ3n) is 3.11. The molecule has 104 valence electrons. The van der Waals surface area contributed by atoms with Gasteiger partial charge in [-0.3, -0.25) is 10.1 Å². The lowest BCUT2D eigenvalue weighted by atomic mass is 10.0. The molecule has 0 saturated carbocycles. The van der Waals surface area contributed by atoms with Gasteiger partial charge in [0.1, 0.15) is 5.60 Å².